The van der Waals surface area contributed by atoms with Crippen LogP contribution in [0.1, 0.15) is 11.1 Å². The summed E-state index contributed by atoms with van der Waals surface area (Å²) in [5, 5.41) is 0.159. The van der Waals surface area contributed by atoms with E-state index in [2.05, 4.69) is 4.99 Å². The molecule has 156 valence electrons. The van der Waals surface area contributed by atoms with Crippen molar-refractivity contribution in [2.75, 3.05) is 37.0 Å². The third-order valence-corrected chi connectivity index (χ3v) is 5.36. The number of carbonyl (C=O) groups excluding carboxylic acids is 2. The van der Waals surface area contributed by atoms with Gasteiger partial charge in [0.15, 0.2) is 11.0 Å². The van der Waals surface area contributed by atoms with Crippen molar-refractivity contribution in [3.63, 3.8) is 0 Å². The fourth-order valence-electron chi connectivity index (χ4n) is 3.31. The standard InChI is InChI=1S/C23H26N4O2S/c1-16-9-5-7-11-19(16)26-21(28)18(15-24-13-14-25(3)4)22(29)27(23(26)30)20-12-8-6-10-17(20)2/h5-12,15,18H,13-14H2,1-4H3. The number of benzene rings is 2. The molecule has 0 unspecified atom stereocenters. The normalized spacial score (nSPS) is 15.7. The lowest BCUT2D eigenvalue weighted by Crippen LogP contribution is -2.61. The quantitative estimate of drug-likeness (QED) is 0.408. The molecule has 0 spiro atoms. The first-order valence-corrected chi connectivity index (χ1v) is 10.2. The highest BCUT2D eigenvalue weighted by Crippen LogP contribution is 2.31. The zero-order chi connectivity index (χ0) is 21.8. The van der Waals surface area contributed by atoms with Crippen molar-refractivity contribution in [2.45, 2.75) is 13.8 Å². The van der Waals surface area contributed by atoms with Gasteiger partial charge in [-0.05, 0) is 63.4 Å². The van der Waals surface area contributed by atoms with Crippen LogP contribution in [0.3, 0.4) is 0 Å². The van der Waals surface area contributed by atoms with Crippen LogP contribution in [0, 0.1) is 19.8 Å². The molecule has 30 heavy (non-hydrogen) atoms. The van der Waals surface area contributed by atoms with Crippen molar-refractivity contribution < 1.29 is 9.59 Å². The molecule has 0 radical (unpaired) electrons. The van der Waals surface area contributed by atoms with Gasteiger partial charge in [0.25, 0.3) is 11.8 Å². The maximum absolute atomic E-state index is 13.4. The maximum atomic E-state index is 13.4. The van der Waals surface area contributed by atoms with Crippen LogP contribution in [-0.2, 0) is 9.59 Å². The van der Waals surface area contributed by atoms with Gasteiger partial charge in [0, 0.05) is 12.8 Å². The maximum Gasteiger partial charge on any atom is 0.251 e. The molecule has 0 aliphatic carbocycles. The summed E-state index contributed by atoms with van der Waals surface area (Å²) in [7, 11) is 3.90. The van der Waals surface area contributed by atoms with Crippen molar-refractivity contribution in [2.24, 2.45) is 10.9 Å². The number of likely N-dealkylation sites (N-methyl/N-ethyl adjacent to an activating group) is 1. The van der Waals surface area contributed by atoms with E-state index in [1.807, 2.05) is 81.4 Å². The zero-order valence-electron chi connectivity index (χ0n) is 17.7. The van der Waals surface area contributed by atoms with Crippen LogP contribution in [0.2, 0.25) is 0 Å². The molecule has 7 heteroatoms. The van der Waals surface area contributed by atoms with Crippen molar-refractivity contribution >= 4 is 46.7 Å². The molecule has 0 N–H and O–H groups in total. The number of carbonyl (C=O) groups is 2. The molecule has 1 aliphatic heterocycles. The fraction of sp³-hybridized carbons (Fsp3) is 0.304. The highest BCUT2D eigenvalue weighted by Gasteiger charge is 2.44. The Kier molecular flexibility index (Phi) is 6.74. The summed E-state index contributed by atoms with van der Waals surface area (Å²) >= 11 is 5.67. The molecule has 2 aromatic carbocycles. The Bertz CT molecular complexity index is 935. The summed E-state index contributed by atoms with van der Waals surface area (Å²) in [6.07, 6.45) is 1.46. The molecule has 1 aliphatic rings. The average Bonchev–Trinajstić information content (AvgIpc) is 2.70. The van der Waals surface area contributed by atoms with Crippen LogP contribution in [0.25, 0.3) is 0 Å². The number of anilines is 2. The van der Waals surface area contributed by atoms with Crippen molar-refractivity contribution in [1.29, 1.82) is 0 Å². The number of aryl methyl sites for hydroxylation is 2. The first-order chi connectivity index (χ1) is 14.3. The van der Waals surface area contributed by atoms with Gasteiger partial charge in [-0.25, -0.2) is 0 Å². The predicted octanol–water partition coefficient (Wildman–Crippen LogP) is 3.22. The van der Waals surface area contributed by atoms with E-state index in [0.29, 0.717) is 17.9 Å². The second-order valence-electron chi connectivity index (χ2n) is 7.54. The zero-order valence-corrected chi connectivity index (χ0v) is 18.5. The molecule has 6 nitrogen and oxygen atoms in total. The van der Waals surface area contributed by atoms with Gasteiger partial charge in [-0.3, -0.25) is 24.4 Å². The number of hydrogen-bond acceptors (Lipinski definition) is 5. The molecule has 0 bridgehead atoms. The summed E-state index contributed by atoms with van der Waals surface area (Å²) in [4.78, 5) is 36.0. The minimum absolute atomic E-state index is 0.159. The highest BCUT2D eigenvalue weighted by atomic mass is 32.1. The highest BCUT2D eigenvalue weighted by molar-refractivity contribution is 7.81. The largest absolute Gasteiger partial charge is 0.308 e. The number of rotatable bonds is 6. The van der Waals surface area contributed by atoms with E-state index in [4.69, 9.17) is 12.2 Å². The van der Waals surface area contributed by atoms with Gasteiger partial charge in [0.2, 0.25) is 0 Å². The Morgan fingerprint density at radius 1 is 0.933 bits per heavy atom. The van der Waals surface area contributed by atoms with Crippen molar-refractivity contribution in [1.82, 2.24) is 4.90 Å². The number of hydrogen-bond donors (Lipinski definition) is 0. The summed E-state index contributed by atoms with van der Waals surface area (Å²) in [6, 6.07) is 15.0. The van der Waals surface area contributed by atoms with Gasteiger partial charge in [-0.2, -0.15) is 0 Å². The predicted molar refractivity (Wildman–Crippen MR) is 125 cm³/mol. The molecule has 0 atom stereocenters. The molecule has 0 aromatic heterocycles. The number of amides is 2. The first-order valence-electron chi connectivity index (χ1n) is 9.80. The second-order valence-corrected chi connectivity index (χ2v) is 7.90. The number of para-hydroxylation sites is 2. The van der Waals surface area contributed by atoms with Crippen LogP contribution in [0.4, 0.5) is 11.4 Å². The minimum Gasteiger partial charge on any atom is -0.308 e. The molecule has 1 saturated heterocycles. The van der Waals surface area contributed by atoms with Gasteiger partial charge in [-0.1, -0.05) is 36.4 Å². The summed E-state index contributed by atoms with van der Waals surface area (Å²) in [6.45, 7) is 5.07. The monoisotopic (exact) mass is 422 g/mol. The summed E-state index contributed by atoms with van der Waals surface area (Å²) < 4.78 is 0. The molecular formula is C23H26N4O2S. The smallest absolute Gasteiger partial charge is 0.251 e. The van der Waals surface area contributed by atoms with Crippen LogP contribution in [0.5, 0.6) is 0 Å². The SMILES string of the molecule is Cc1ccccc1N1C(=O)C(C=NCCN(C)C)C(=O)N(c2ccccc2C)C1=S. The van der Waals surface area contributed by atoms with Crippen LogP contribution < -0.4 is 9.80 Å². The summed E-state index contributed by atoms with van der Waals surface area (Å²) in [5.74, 6) is -1.78. The van der Waals surface area contributed by atoms with E-state index in [1.165, 1.54) is 16.0 Å². The van der Waals surface area contributed by atoms with Gasteiger partial charge >= 0.3 is 0 Å². The Labute approximate surface area is 182 Å². The molecule has 2 aromatic rings. The topological polar surface area (TPSA) is 56.2 Å². The Morgan fingerprint density at radius 3 is 1.83 bits per heavy atom. The fourth-order valence-corrected chi connectivity index (χ4v) is 3.69. The minimum atomic E-state index is -1.03. The van der Waals surface area contributed by atoms with Gasteiger partial charge in [0.05, 0.1) is 17.9 Å². The van der Waals surface area contributed by atoms with E-state index in [1.54, 1.807) is 0 Å². The Morgan fingerprint density at radius 2 is 1.40 bits per heavy atom. The van der Waals surface area contributed by atoms with Crippen LogP contribution in [0.15, 0.2) is 53.5 Å². The molecule has 1 heterocycles. The lowest BCUT2D eigenvalue weighted by molar-refractivity contribution is -0.129. The van der Waals surface area contributed by atoms with Gasteiger partial charge in [0.1, 0.15) is 0 Å². The van der Waals surface area contributed by atoms with E-state index in [9.17, 15) is 9.59 Å². The van der Waals surface area contributed by atoms with E-state index >= 15 is 0 Å². The van der Waals surface area contributed by atoms with Crippen molar-refractivity contribution in [3.8, 4) is 0 Å². The van der Waals surface area contributed by atoms with E-state index in [-0.39, 0.29) is 16.9 Å². The molecule has 2 amide bonds. The van der Waals surface area contributed by atoms with Crippen molar-refractivity contribution in [3.05, 3.63) is 59.7 Å². The Hall–Kier alpha value is -2.90. The molecule has 1 fully saturated rings. The molecule has 3 rings (SSSR count). The number of aliphatic imine (C=N–C) groups is 1. The molecular weight excluding hydrogens is 396 g/mol. The molecule has 0 saturated carbocycles. The third-order valence-electron chi connectivity index (χ3n) is 5.00. The lowest BCUT2D eigenvalue weighted by atomic mass is 10.0. The van der Waals surface area contributed by atoms with Crippen LogP contribution >= 0.6 is 12.2 Å². The van der Waals surface area contributed by atoms with Gasteiger partial charge in [-0.15, -0.1) is 0 Å². The number of nitrogens with zero attached hydrogens (tertiary/aromatic N) is 4. The Balaban J connectivity index is 2.06. The van der Waals surface area contributed by atoms with E-state index < -0.39 is 5.92 Å². The average molecular weight is 423 g/mol. The first kappa shape index (κ1) is 21.8. The number of thiocarbonyl (C=S) groups is 1. The van der Waals surface area contributed by atoms with Gasteiger partial charge < -0.3 is 4.90 Å². The third kappa shape index (κ3) is 4.32. The van der Waals surface area contributed by atoms with Crippen LogP contribution in [-0.4, -0.2) is 55.2 Å². The lowest BCUT2D eigenvalue weighted by Gasteiger charge is -2.39. The van der Waals surface area contributed by atoms with E-state index in [0.717, 1.165) is 17.7 Å². The second kappa shape index (κ2) is 9.28. The summed E-state index contributed by atoms with van der Waals surface area (Å²) in [5.41, 5.74) is 3.14.